The molecule has 2 aromatic carbocycles. The molecule has 0 bridgehead atoms. The van der Waals surface area contributed by atoms with Crippen LogP contribution in [0.5, 0.6) is 11.5 Å². The fraction of sp³-hybridized carbons (Fsp3) is 0.381. The third-order valence-corrected chi connectivity index (χ3v) is 5.66. The van der Waals surface area contributed by atoms with Crippen molar-refractivity contribution < 1.29 is 14.3 Å². The normalized spacial score (nSPS) is 16.3. The van der Waals surface area contributed by atoms with Crippen LogP contribution in [-0.4, -0.2) is 38.0 Å². The van der Waals surface area contributed by atoms with Gasteiger partial charge in [-0.1, -0.05) is 12.1 Å². The van der Waals surface area contributed by atoms with Crippen molar-refractivity contribution in [2.75, 3.05) is 27.0 Å². The molecule has 0 saturated carbocycles. The number of methoxy groups -OCH3 is 2. The molecule has 5 nitrogen and oxygen atoms in total. The number of ether oxygens (including phenoxy) is 2. The highest BCUT2D eigenvalue weighted by atomic mass is 32.2. The maximum absolute atomic E-state index is 12.8. The summed E-state index contributed by atoms with van der Waals surface area (Å²) >= 11 is 1.71. The molecule has 0 spiro atoms. The van der Waals surface area contributed by atoms with Gasteiger partial charge in [-0.25, -0.2) is 4.79 Å². The van der Waals surface area contributed by atoms with Crippen molar-refractivity contribution in [3.63, 3.8) is 0 Å². The Morgan fingerprint density at radius 1 is 1.19 bits per heavy atom. The molecule has 2 amide bonds. The molecule has 6 heteroatoms. The van der Waals surface area contributed by atoms with E-state index in [2.05, 4.69) is 35.8 Å². The minimum atomic E-state index is -0.0451. The number of carbonyl (C=O) groups is 1. The lowest BCUT2D eigenvalue weighted by Gasteiger charge is -2.27. The average Bonchev–Trinajstić information content (AvgIpc) is 3.21. The van der Waals surface area contributed by atoms with Gasteiger partial charge in [0.2, 0.25) is 0 Å². The predicted molar refractivity (Wildman–Crippen MR) is 109 cm³/mol. The zero-order valence-electron chi connectivity index (χ0n) is 16.0. The topological polar surface area (TPSA) is 50.8 Å². The van der Waals surface area contributed by atoms with E-state index in [-0.39, 0.29) is 12.1 Å². The van der Waals surface area contributed by atoms with Gasteiger partial charge in [-0.2, -0.15) is 0 Å². The molecule has 3 rings (SSSR count). The van der Waals surface area contributed by atoms with E-state index >= 15 is 0 Å². The lowest BCUT2D eigenvalue weighted by Crippen LogP contribution is -2.39. The van der Waals surface area contributed by atoms with Gasteiger partial charge in [0, 0.05) is 23.5 Å². The van der Waals surface area contributed by atoms with E-state index < -0.39 is 0 Å². The number of hydrogen-bond donors (Lipinski definition) is 1. The smallest absolute Gasteiger partial charge is 0.318 e. The quantitative estimate of drug-likeness (QED) is 0.744. The number of rotatable bonds is 6. The average molecular weight is 387 g/mol. The molecule has 0 radical (unpaired) electrons. The number of benzene rings is 2. The Bertz CT molecular complexity index is 779. The van der Waals surface area contributed by atoms with E-state index in [1.165, 1.54) is 4.90 Å². The first kappa shape index (κ1) is 19.4. The van der Waals surface area contributed by atoms with Crippen LogP contribution in [0.15, 0.2) is 47.4 Å². The second kappa shape index (κ2) is 9.04. The molecule has 1 fully saturated rings. The summed E-state index contributed by atoms with van der Waals surface area (Å²) in [5.74, 6) is 1.56. The molecule has 1 atom stereocenters. The van der Waals surface area contributed by atoms with Crippen molar-refractivity contribution in [3.05, 3.63) is 53.6 Å². The van der Waals surface area contributed by atoms with Crippen LogP contribution in [0, 0.1) is 0 Å². The van der Waals surface area contributed by atoms with Crippen molar-refractivity contribution in [2.24, 2.45) is 0 Å². The van der Waals surface area contributed by atoms with E-state index in [9.17, 15) is 4.79 Å². The molecule has 144 valence electrons. The van der Waals surface area contributed by atoms with Gasteiger partial charge in [-0.05, 0) is 55.0 Å². The van der Waals surface area contributed by atoms with Crippen LogP contribution in [0.3, 0.4) is 0 Å². The van der Waals surface area contributed by atoms with Gasteiger partial charge in [0.15, 0.2) is 0 Å². The molecule has 27 heavy (non-hydrogen) atoms. The summed E-state index contributed by atoms with van der Waals surface area (Å²) in [6.45, 7) is 1.26. The first-order chi connectivity index (χ1) is 13.2. The fourth-order valence-corrected chi connectivity index (χ4v) is 3.86. The Labute approximate surface area is 165 Å². The summed E-state index contributed by atoms with van der Waals surface area (Å²) in [5, 5.41) is 3.05. The Balaban J connectivity index is 1.70. The summed E-state index contributed by atoms with van der Waals surface area (Å²) in [7, 11) is 3.30. The fourth-order valence-electron chi connectivity index (χ4n) is 3.46. The van der Waals surface area contributed by atoms with Crippen LogP contribution in [-0.2, 0) is 6.54 Å². The van der Waals surface area contributed by atoms with Gasteiger partial charge in [-0.3, -0.25) is 0 Å². The first-order valence-electron chi connectivity index (χ1n) is 9.05. The standard InChI is InChI=1S/C21H26N2O3S/c1-25-16-8-11-20(26-2)18(13-16)19-5-4-12-23(19)21(24)22-14-15-6-9-17(27-3)10-7-15/h6-11,13,19H,4-5,12,14H2,1-3H3,(H,22,24). The molecule has 1 aliphatic heterocycles. The van der Waals surface area contributed by atoms with Crippen molar-refractivity contribution >= 4 is 17.8 Å². The Kier molecular flexibility index (Phi) is 6.50. The van der Waals surface area contributed by atoms with E-state index in [1.54, 1.807) is 26.0 Å². The van der Waals surface area contributed by atoms with Gasteiger partial charge < -0.3 is 19.7 Å². The molecule has 1 aliphatic rings. The minimum absolute atomic E-state index is 0.00563. The zero-order chi connectivity index (χ0) is 19.2. The number of likely N-dealkylation sites (tertiary alicyclic amines) is 1. The summed E-state index contributed by atoms with van der Waals surface area (Å²) in [4.78, 5) is 15.9. The maximum atomic E-state index is 12.8. The second-order valence-corrected chi connectivity index (χ2v) is 7.35. The second-order valence-electron chi connectivity index (χ2n) is 6.47. The largest absolute Gasteiger partial charge is 0.497 e. The molecular formula is C21H26N2O3S. The number of nitrogens with one attached hydrogen (secondary N) is 1. The minimum Gasteiger partial charge on any atom is -0.497 e. The van der Waals surface area contributed by atoms with Gasteiger partial charge in [0.1, 0.15) is 11.5 Å². The van der Waals surface area contributed by atoms with Gasteiger partial charge in [0.05, 0.1) is 20.3 Å². The third-order valence-electron chi connectivity index (χ3n) is 4.91. The SMILES string of the molecule is COc1ccc(OC)c(C2CCCN2C(=O)NCc2ccc(SC)cc2)c1. The predicted octanol–water partition coefficient (Wildman–Crippen LogP) is 4.47. The highest BCUT2D eigenvalue weighted by Gasteiger charge is 2.32. The van der Waals surface area contributed by atoms with Crippen molar-refractivity contribution in [2.45, 2.75) is 30.3 Å². The number of hydrogen-bond acceptors (Lipinski definition) is 4. The van der Waals surface area contributed by atoms with E-state index in [1.807, 2.05) is 23.1 Å². The molecular weight excluding hydrogens is 360 g/mol. The maximum Gasteiger partial charge on any atom is 0.318 e. The lowest BCUT2D eigenvalue weighted by molar-refractivity contribution is 0.191. The van der Waals surface area contributed by atoms with Gasteiger partial charge in [0.25, 0.3) is 0 Å². The third kappa shape index (κ3) is 4.50. The van der Waals surface area contributed by atoms with Gasteiger partial charge >= 0.3 is 6.03 Å². The number of amides is 2. The van der Waals surface area contributed by atoms with Crippen LogP contribution < -0.4 is 14.8 Å². The summed E-state index contributed by atoms with van der Waals surface area (Å²) in [5.41, 5.74) is 2.09. The van der Waals surface area contributed by atoms with Crippen LogP contribution in [0.2, 0.25) is 0 Å². The van der Waals surface area contributed by atoms with E-state index in [0.29, 0.717) is 6.54 Å². The highest BCUT2D eigenvalue weighted by Crippen LogP contribution is 2.38. The van der Waals surface area contributed by atoms with Crippen LogP contribution in [0.1, 0.15) is 30.0 Å². The molecule has 1 N–H and O–H groups in total. The molecule has 2 aromatic rings. The zero-order valence-corrected chi connectivity index (χ0v) is 16.8. The molecule has 0 aromatic heterocycles. The van der Waals surface area contributed by atoms with Crippen LogP contribution >= 0.6 is 11.8 Å². The number of urea groups is 1. The van der Waals surface area contributed by atoms with Crippen LogP contribution in [0.4, 0.5) is 4.79 Å². The summed E-state index contributed by atoms with van der Waals surface area (Å²) in [6, 6.07) is 14.0. The molecule has 1 heterocycles. The summed E-state index contributed by atoms with van der Waals surface area (Å²) in [6.07, 6.45) is 3.94. The van der Waals surface area contributed by atoms with Crippen LogP contribution in [0.25, 0.3) is 0 Å². The number of nitrogens with zero attached hydrogens (tertiary/aromatic N) is 1. The van der Waals surface area contributed by atoms with Gasteiger partial charge in [-0.15, -0.1) is 11.8 Å². The van der Waals surface area contributed by atoms with E-state index in [0.717, 1.165) is 42.0 Å². The monoisotopic (exact) mass is 386 g/mol. The van der Waals surface area contributed by atoms with E-state index in [4.69, 9.17) is 9.47 Å². The Morgan fingerprint density at radius 2 is 1.96 bits per heavy atom. The van der Waals surface area contributed by atoms with Crippen molar-refractivity contribution in [1.29, 1.82) is 0 Å². The first-order valence-corrected chi connectivity index (χ1v) is 10.3. The molecule has 1 saturated heterocycles. The number of thioether (sulfide) groups is 1. The highest BCUT2D eigenvalue weighted by molar-refractivity contribution is 7.98. The van der Waals surface area contributed by atoms with Crippen molar-refractivity contribution in [1.82, 2.24) is 10.2 Å². The lowest BCUT2D eigenvalue weighted by atomic mass is 10.0. The summed E-state index contributed by atoms with van der Waals surface area (Å²) < 4.78 is 10.9. The number of carbonyl (C=O) groups excluding carboxylic acids is 1. The Morgan fingerprint density at radius 3 is 2.63 bits per heavy atom. The van der Waals surface area contributed by atoms with Crippen molar-refractivity contribution in [3.8, 4) is 11.5 Å². The Hall–Kier alpha value is -2.34. The molecule has 1 unspecified atom stereocenters. The molecule has 0 aliphatic carbocycles.